The predicted molar refractivity (Wildman–Crippen MR) is 127 cm³/mol. The van der Waals surface area contributed by atoms with Crippen LogP contribution in [-0.2, 0) is 26.3 Å². The van der Waals surface area contributed by atoms with Gasteiger partial charge in [0, 0.05) is 32.2 Å². The van der Waals surface area contributed by atoms with E-state index < -0.39 is 40.4 Å². The van der Waals surface area contributed by atoms with Gasteiger partial charge in [0.1, 0.15) is 18.4 Å². The minimum absolute atomic E-state index is 0.0378. The van der Waals surface area contributed by atoms with Crippen LogP contribution in [0.3, 0.4) is 0 Å². The summed E-state index contributed by atoms with van der Waals surface area (Å²) in [5.74, 6) is -1.90. The van der Waals surface area contributed by atoms with Crippen molar-refractivity contribution in [2.45, 2.75) is 26.4 Å². The maximum absolute atomic E-state index is 14.5. The Balaban J connectivity index is 2.48. The predicted octanol–water partition coefficient (Wildman–Crippen LogP) is 2.65. The third-order valence-electron chi connectivity index (χ3n) is 4.96. The van der Waals surface area contributed by atoms with Gasteiger partial charge in [0.2, 0.25) is 11.8 Å². The lowest BCUT2D eigenvalue weighted by atomic mass is 10.1. The Morgan fingerprint density at radius 2 is 1.70 bits per heavy atom. The van der Waals surface area contributed by atoms with Crippen LogP contribution < -0.4 is 9.62 Å². The molecular weight excluding hydrogens is 471 g/mol. The van der Waals surface area contributed by atoms with Crippen LogP contribution in [0.25, 0.3) is 0 Å². The van der Waals surface area contributed by atoms with Crippen LogP contribution in [0.15, 0.2) is 48.5 Å². The molecule has 0 heterocycles. The van der Waals surface area contributed by atoms with E-state index in [1.165, 1.54) is 44.1 Å². The van der Waals surface area contributed by atoms with Crippen molar-refractivity contribution in [2.75, 3.05) is 31.5 Å². The zero-order valence-corrected chi connectivity index (χ0v) is 20.5. The van der Waals surface area contributed by atoms with Gasteiger partial charge in [-0.3, -0.25) is 9.59 Å². The van der Waals surface area contributed by atoms with Crippen molar-refractivity contribution in [3.8, 4) is 0 Å². The molecule has 0 aliphatic rings. The van der Waals surface area contributed by atoms with Gasteiger partial charge in [0.15, 0.2) is 0 Å². The van der Waals surface area contributed by atoms with Crippen molar-refractivity contribution in [1.29, 1.82) is 0 Å². The smallest absolute Gasteiger partial charge is 0.304 e. The van der Waals surface area contributed by atoms with Gasteiger partial charge >= 0.3 is 10.2 Å². The van der Waals surface area contributed by atoms with Crippen LogP contribution in [0.5, 0.6) is 0 Å². The maximum atomic E-state index is 14.5. The second-order valence-electron chi connectivity index (χ2n) is 7.43. The molecule has 1 atom stereocenters. The number of carbonyl (C=O) groups is 2. The van der Waals surface area contributed by atoms with Gasteiger partial charge in [-0.05, 0) is 37.6 Å². The third kappa shape index (κ3) is 6.43. The molecule has 2 rings (SSSR count). The number of hydrogen-bond acceptors (Lipinski definition) is 4. The summed E-state index contributed by atoms with van der Waals surface area (Å²) in [4.78, 5) is 27.2. The zero-order valence-electron chi connectivity index (χ0n) is 19.0. The van der Waals surface area contributed by atoms with E-state index in [0.29, 0.717) is 21.4 Å². The average molecular weight is 499 g/mol. The fraction of sp³-hybridized carbons (Fsp3) is 0.364. The molecule has 8 nitrogen and oxygen atoms in total. The molecule has 2 aromatic rings. The fourth-order valence-electron chi connectivity index (χ4n) is 3.07. The first-order valence-electron chi connectivity index (χ1n) is 10.3. The fourth-order valence-corrected chi connectivity index (χ4v) is 4.33. The summed E-state index contributed by atoms with van der Waals surface area (Å²) >= 11 is 6.25. The number of anilines is 1. The second kappa shape index (κ2) is 11.4. The van der Waals surface area contributed by atoms with E-state index in [1.54, 1.807) is 31.2 Å². The lowest BCUT2D eigenvalue weighted by Gasteiger charge is -2.33. The first kappa shape index (κ1) is 26.6. The number of para-hydroxylation sites is 1. The maximum Gasteiger partial charge on any atom is 0.304 e. The molecule has 33 heavy (non-hydrogen) atoms. The first-order chi connectivity index (χ1) is 15.5. The second-order valence-corrected chi connectivity index (χ2v) is 9.91. The monoisotopic (exact) mass is 498 g/mol. The molecule has 0 aromatic heterocycles. The summed E-state index contributed by atoms with van der Waals surface area (Å²) in [6.45, 7) is 2.88. The van der Waals surface area contributed by atoms with E-state index in [0.717, 1.165) is 10.4 Å². The van der Waals surface area contributed by atoms with Crippen LogP contribution in [-0.4, -0.2) is 62.7 Å². The summed E-state index contributed by atoms with van der Waals surface area (Å²) in [6, 6.07) is 11.2. The molecule has 0 unspecified atom stereocenters. The summed E-state index contributed by atoms with van der Waals surface area (Å²) in [6.07, 6.45) is 0. The standard InChI is InChI=1S/C22H28ClFN4O4S/c1-5-25-22(30)16(2)27(14-17-10-6-7-11-18(17)23)21(29)15-28(33(31,32)26(3)4)20-13-9-8-12-19(20)24/h6-13,16H,5,14-15H2,1-4H3,(H,25,30)/t16-/m1/s1. The molecule has 0 fully saturated rings. The van der Waals surface area contributed by atoms with Gasteiger partial charge in [0.05, 0.1) is 5.69 Å². The van der Waals surface area contributed by atoms with Crippen LogP contribution >= 0.6 is 11.6 Å². The van der Waals surface area contributed by atoms with Gasteiger partial charge in [0.25, 0.3) is 0 Å². The Hall–Kier alpha value is -2.69. The molecule has 0 radical (unpaired) electrons. The van der Waals surface area contributed by atoms with E-state index >= 15 is 0 Å². The highest BCUT2D eigenvalue weighted by Crippen LogP contribution is 2.24. The molecular formula is C22H28ClFN4O4S. The first-order valence-corrected chi connectivity index (χ1v) is 12.0. The molecule has 0 saturated heterocycles. The number of hydrogen-bond donors (Lipinski definition) is 1. The Bertz CT molecular complexity index is 1100. The Labute approximate surface area is 199 Å². The summed E-state index contributed by atoms with van der Waals surface area (Å²) < 4.78 is 42.1. The summed E-state index contributed by atoms with van der Waals surface area (Å²) in [7, 11) is -1.66. The van der Waals surface area contributed by atoms with Crippen LogP contribution in [0.4, 0.5) is 10.1 Å². The number of nitrogens with zero attached hydrogens (tertiary/aromatic N) is 3. The molecule has 0 aliphatic heterocycles. The molecule has 2 aromatic carbocycles. The van der Waals surface area contributed by atoms with Gasteiger partial charge in [-0.2, -0.15) is 12.7 Å². The van der Waals surface area contributed by atoms with Crippen LogP contribution in [0.2, 0.25) is 5.02 Å². The SMILES string of the molecule is CCNC(=O)[C@@H](C)N(Cc1ccccc1Cl)C(=O)CN(c1ccccc1F)S(=O)(=O)N(C)C. The molecule has 0 aliphatic carbocycles. The number of benzene rings is 2. The van der Waals surface area contributed by atoms with E-state index in [2.05, 4.69) is 5.32 Å². The van der Waals surface area contributed by atoms with Crippen molar-refractivity contribution in [2.24, 2.45) is 0 Å². The summed E-state index contributed by atoms with van der Waals surface area (Å²) in [5.41, 5.74) is 0.305. The van der Waals surface area contributed by atoms with Crippen molar-refractivity contribution >= 4 is 39.3 Å². The number of likely N-dealkylation sites (N-methyl/N-ethyl adjacent to an activating group) is 1. The summed E-state index contributed by atoms with van der Waals surface area (Å²) in [5, 5.41) is 3.05. The minimum Gasteiger partial charge on any atom is -0.355 e. The molecule has 1 N–H and O–H groups in total. The van der Waals surface area contributed by atoms with Crippen molar-refractivity contribution < 1.29 is 22.4 Å². The number of amides is 2. The Morgan fingerprint density at radius 3 is 2.27 bits per heavy atom. The van der Waals surface area contributed by atoms with Crippen molar-refractivity contribution in [1.82, 2.24) is 14.5 Å². The van der Waals surface area contributed by atoms with Gasteiger partial charge in [-0.15, -0.1) is 0 Å². The highest BCUT2D eigenvalue weighted by Gasteiger charge is 2.33. The third-order valence-corrected chi connectivity index (χ3v) is 7.13. The largest absolute Gasteiger partial charge is 0.355 e. The van der Waals surface area contributed by atoms with Crippen LogP contribution in [0.1, 0.15) is 19.4 Å². The topological polar surface area (TPSA) is 90.0 Å². The number of nitrogens with one attached hydrogen (secondary N) is 1. The van der Waals surface area contributed by atoms with E-state index in [9.17, 15) is 22.4 Å². The van der Waals surface area contributed by atoms with Crippen LogP contribution in [0, 0.1) is 5.82 Å². The lowest BCUT2D eigenvalue weighted by molar-refractivity contribution is -0.139. The molecule has 0 bridgehead atoms. The van der Waals surface area contributed by atoms with E-state index in [-0.39, 0.29) is 12.2 Å². The van der Waals surface area contributed by atoms with Crippen molar-refractivity contribution in [3.63, 3.8) is 0 Å². The minimum atomic E-state index is -4.23. The Kier molecular flexibility index (Phi) is 9.21. The van der Waals surface area contributed by atoms with Gasteiger partial charge in [-0.25, -0.2) is 8.70 Å². The molecule has 0 saturated carbocycles. The highest BCUT2D eigenvalue weighted by atomic mass is 35.5. The zero-order chi connectivity index (χ0) is 24.8. The number of carbonyl (C=O) groups excluding carboxylic acids is 2. The normalized spacial score (nSPS) is 12.3. The highest BCUT2D eigenvalue weighted by molar-refractivity contribution is 7.90. The van der Waals surface area contributed by atoms with E-state index in [1.807, 2.05) is 0 Å². The molecule has 180 valence electrons. The number of halogens is 2. The van der Waals surface area contributed by atoms with E-state index in [4.69, 9.17) is 11.6 Å². The molecule has 2 amide bonds. The van der Waals surface area contributed by atoms with Gasteiger partial charge < -0.3 is 10.2 Å². The lowest BCUT2D eigenvalue weighted by Crippen LogP contribution is -2.52. The van der Waals surface area contributed by atoms with Crippen molar-refractivity contribution in [3.05, 3.63) is 64.9 Å². The quantitative estimate of drug-likeness (QED) is 0.545. The van der Waals surface area contributed by atoms with Gasteiger partial charge in [-0.1, -0.05) is 41.9 Å². The molecule has 0 spiro atoms. The number of rotatable bonds is 10. The average Bonchev–Trinajstić information content (AvgIpc) is 2.76. The molecule has 11 heteroatoms. The Morgan fingerprint density at radius 1 is 1.09 bits per heavy atom.